The van der Waals surface area contributed by atoms with Crippen molar-refractivity contribution in [1.82, 2.24) is 9.80 Å². The minimum atomic E-state index is -0.0751. The van der Waals surface area contributed by atoms with Gasteiger partial charge in [-0.1, -0.05) is 0 Å². The first-order valence-electron chi connectivity index (χ1n) is 9.63. The molecule has 6 nitrogen and oxygen atoms in total. The Morgan fingerprint density at radius 1 is 1.31 bits per heavy atom. The van der Waals surface area contributed by atoms with Crippen LogP contribution in [0.25, 0.3) is 0 Å². The third kappa shape index (κ3) is 3.18. The number of rotatable bonds is 4. The van der Waals surface area contributed by atoms with Gasteiger partial charge in [0.25, 0.3) is 5.91 Å². The highest BCUT2D eigenvalue weighted by Gasteiger charge is 2.41. The van der Waals surface area contributed by atoms with Crippen molar-refractivity contribution in [2.45, 2.75) is 31.7 Å². The SMILES string of the molecule is COCCN1C(=O)[C@@H]2CC[C@H]1CN(C(=O)c1ccc3c(c1)CCCN3)C2. The van der Waals surface area contributed by atoms with Crippen LogP contribution in [-0.4, -0.2) is 67.6 Å². The fourth-order valence-corrected chi connectivity index (χ4v) is 4.48. The molecule has 0 spiro atoms. The zero-order chi connectivity index (χ0) is 18.1. The lowest BCUT2D eigenvalue weighted by molar-refractivity contribution is -0.140. The molecule has 26 heavy (non-hydrogen) atoms. The van der Waals surface area contributed by atoms with Crippen molar-refractivity contribution in [3.05, 3.63) is 29.3 Å². The Bertz CT molecular complexity index is 706. The number of benzene rings is 1. The Kier molecular flexibility index (Phi) is 4.85. The number of methoxy groups -OCH3 is 1. The summed E-state index contributed by atoms with van der Waals surface area (Å²) in [5.41, 5.74) is 3.10. The highest BCUT2D eigenvalue weighted by molar-refractivity contribution is 5.95. The summed E-state index contributed by atoms with van der Waals surface area (Å²) in [4.78, 5) is 29.7. The highest BCUT2D eigenvalue weighted by Crippen LogP contribution is 2.30. The second-order valence-electron chi connectivity index (χ2n) is 7.56. The van der Waals surface area contributed by atoms with Gasteiger partial charge in [0.15, 0.2) is 0 Å². The lowest BCUT2D eigenvalue weighted by atomic mass is 9.94. The number of anilines is 1. The summed E-state index contributed by atoms with van der Waals surface area (Å²) < 4.78 is 5.16. The molecule has 0 radical (unpaired) electrons. The Balaban J connectivity index is 1.53. The molecule has 0 saturated carbocycles. The van der Waals surface area contributed by atoms with Gasteiger partial charge in [0, 0.05) is 50.6 Å². The van der Waals surface area contributed by atoms with Crippen LogP contribution in [0, 0.1) is 5.92 Å². The van der Waals surface area contributed by atoms with E-state index in [0.717, 1.165) is 43.5 Å². The average Bonchev–Trinajstić information content (AvgIpc) is 2.97. The topological polar surface area (TPSA) is 61.9 Å². The van der Waals surface area contributed by atoms with Crippen molar-refractivity contribution in [1.29, 1.82) is 0 Å². The molecule has 2 atom stereocenters. The number of hydrogen-bond acceptors (Lipinski definition) is 4. The molecule has 1 N–H and O–H groups in total. The fraction of sp³-hybridized carbons (Fsp3) is 0.600. The van der Waals surface area contributed by atoms with Crippen molar-refractivity contribution in [3.63, 3.8) is 0 Å². The van der Waals surface area contributed by atoms with E-state index in [4.69, 9.17) is 4.74 Å². The predicted molar refractivity (Wildman–Crippen MR) is 99.3 cm³/mol. The zero-order valence-electron chi connectivity index (χ0n) is 15.4. The summed E-state index contributed by atoms with van der Waals surface area (Å²) in [7, 11) is 1.65. The van der Waals surface area contributed by atoms with Crippen molar-refractivity contribution in [3.8, 4) is 0 Å². The average molecular weight is 357 g/mol. The summed E-state index contributed by atoms with van der Waals surface area (Å²) in [6, 6.07) is 6.07. The first-order valence-corrected chi connectivity index (χ1v) is 9.63. The molecule has 0 aliphatic carbocycles. The maximum atomic E-state index is 13.1. The van der Waals surface area contributed by atoms with E-state index in [1.807, 2.05) is 28.0 Å². The molecule has 1 aromatic rings. The van der Waals surface area contributed by atoms with E-state index in [0.29, 0.717) is 26.2 Å². The van der Waals surface area contributed by atoms with Gasteiger partial charge in [0.2, 0.25) is 5.91 Å². The maximum Gasteiger partial charge on any atom is 0.253 e. The van der Waals surface area contributed by atoms with Crippen molar-refractivity contribution >= 4 is 17.5 Å². The van der Waals surface area contributed by atoms with Gasteiger partial charge in [-0.3, -0.25) is 9.59 Å². The molecule has 6 heteroatoms. The molecule has 1 aromatic carbocycles. The zero-order valence-corrected chi connectivity index (χ0v) is 15.4. The van der Waals surface area contributed by atoms with Gasteiger partial charge in [-0.2, -0.15) is 0 Å². The van der Waals surface area contributed by atoms with Crippen molar-refractivity contribution in [2.75, 3.05) is 45.2 Å². The van der Waals surface area contributed by atoms with Crippen LogP contribution in [0.5, 0.6) is 0 Å². The molecule has 4 aliphatic rings. The number of fused-ring (bicyclic) bond motifs is 5. The van der Waals surface area contributed by atoms with Crippen LogP contribution >= 0.6 is 0 Å². The molecule has 4 heterocycles. The summed E-state index contributed by atoms with van der Waals surface area (Å²) in [5, 5.41) is 3.39. The van der Waals surface area contributed by atoms with Crippen LogP contribution in [0.2, 0.25) is 0 Å². The molecular formula is C20H27N3O3. The molecule has 140 valence electrons. The normalized spacial score (nSPS) is 24.9. The first kappa shape index (κ1) is 17.3. The minimum absolute atomic E-state index is 0.0525. The Morgan fingerprint density at radius 3 is 3.04 bits per heavy atom. The molecule has 3 saturated heterocycles. The molecule has 5 rings (SSSR count). The fourth-order valence-electron chi connectivity index (χ4n) is 4.48. The van der Waals surface area contributed by atoms with E-state index in [-0.39, 0.29) is 23.8 Å². The number of nitrogens with one attached hydrogen (secondary N) is 1. The summed E-state index contributed by atoms with van der Waals surface area (Å²) >= 11 is 0. The number of carbonyl (C=O) groups excluding carboxylic acids is 2. The van der Waals surface area contributed by atoms with E-state index < -0.39 is 0 Å². The standard InChI is InChI=1S/C20H27N3O3/c1-26-10-9-23-17-6-4-16(20(23)25)12-22(13-17)19(24)15-5-7-18-14(11-15)3-2-8-21-18/h5,7,11,16-17,21H,2-4,6,8-10,12-13H2,1H3/t16-,17+/m1/s1. The lowest BCUT2D eigenvalue weighted by Crippen LogP contribution is -2.49. The van der Waals surface area contributed by atoms with Crippen LogP contribution in [0.15, 0.2) is 18.2 Å². The number of nitrogens with zero attached hydrogens (tertiary/aromatic N) is 2. The second kappa shape index (κ2) is 7.27. The van der Waals surface area contributed by atoms with E-state index in [1.54, 1.807) is 7.11 Å². The molecule has 4 aliphatic heterocycles. The summed E-state index contributed by atoms with van der Waals surface area (Å²) in [5.74, 6) is 0.161. The number of amides is 2. The molecule has 3 fully saturated rings. The van der Waals surface area contributed by atoms with Crippen LogP contribution < -0.4 is 5.32 Å². The van der Waals surface area contributed by atoms with Gasteiger partial charge in [-0.05, 0) is 49.4 Å². The number of aryl methyl sites for hydroxylation is 1. The molecule has 2 amide bonds. The minimum Gasteiger partial charge on any atom is -0.385 e. The number of carbonyl (C=O) groups is 2. The number of hydrogen-bond donors (Lipinski definition) is 1. The molecule has 2 bridgehead atoms. The van der Waals surface area contributed by atoms with Gasteiger partial charge in [-0.25, -0.2) is 0 Å². The van der Waals surface area contributed by atoms with Crippen molar-refractivity contribution < 1.29 is 14.3 Å². The van der Waals surface area contributed by atoms with Gasteiger partial charge in [-0.15, -0.1) is 0 Å². The lowest BCUT2D eigenvalue weighted by Gasteiger charge is -2.35. The van der Waals surface area contributed by atoms with E-state index >= 15 is 0 Å². The van der Waals surface area contributed by atoms with E-state index in [2.05, 4.69) is 5.32 Å². The van der Waals surface area contributed by atoms with Crippen LogP contribution in [-0.2, 0) is 16.0 Å². The third-order valence-corrected chi connectivity index (χ3v) is 5.91. The number of ether oxygens (including phenoxy) is 1. The van der Waals surface area contributed by atoms with Crippen LogP contribution in [0.4, 0.5) is 5.69 Å². The van der Waals surface area contributed by atoms with Crippen LogP contribution in [0.1, 0.15) is 35.2 Å². The highest BCUT2D eigenvalue weighted by atomic mass is 16.5. The largest absolute Gasteiger partial charge is 0.385 e. The van der Waals surface area contributed by atoms with Gasteiger partial charge in [0.1, 0.15) is 0 Å². The Morgan fingerprint density at radius 2 is 2.19 bits per heavy atom. The third-order valence-electron chi connectivity index (χ3n) is 5.91. The monoisotopic (exact) mass is 357 g/mol. The summed E-state index contributed by atoms with van der Waals surface area (Å²) in [6.45, 7) is 3.31. The molecule has 0 unspecified atom stereocenters. The predicted octanol–water partition coefficient (Wildman–Crippen LogP) is 1.75. The van der Waals surface area contributed by atoms with Gasteiger partial charge < -0.3 is 19.9 Å². The van der Waals surface area contributed by atoms with Gasteiger partial charge in [0.05, 0.1) is 12.5 Å². The Hall–Kier alpha value is -2.08. The number of piperidine rings is 1. The Labute approximate surface area is 154 Å². The van der Waals surface area contributed by atoms with E-state index in [9.17, 15) is 9.59 Å². The second-order valence-corrected chi connectivity index (χ2v) is 7.56. The van der Waals surface area contributed by atoms with Crippen LogP contribution in [0.3, 0.4) is 0 Å². The summed E-state index contributed by atoms with van der Waals surface area (Å²) in [6.07, 6.45) is 3.96. The maximum absolute atomic E-state index is 13.1. The molecular weight excluding hydrogens is 330 g/mol. The smallest absolute Gasteiger partial charge is 0.253 e. The first-order chi connectivity index (χ1) is 12.7. The molecule has 0 aromatic heterocycles. The van der Waals surface area contributed by atoms with E-state index in [1.165, 1.54) is 5.56 Å². The quantitative estimate of drug-likeness (QED) is 0.892. The van der Waals surface area contributed by atoms with Gasteiger partial charge >= 0.3 is 0 Å². The van der Waals surface area contributed by atoms with Crippen molar-refractivity contribution in [2.24, 2.45) is 5.92 Å².